The molecular weight excluding hydrogens is 426 g/mol. The van der Waals surface area contributed by atoms with Gasteiger partial charge in [0.15, 0.2) is 0 Å². The van der Waals surface area contributed by atoms with Crippen LogP contribution in [0.1, 0.15) is 18.4 Å². The van der Waals surface area contributed by atoms with Gasteiger partial charge in [-0.05, 0) is 59.4 Å². The van der Waals surface area contributed by atoms with E-state index in [9.17, 15) is 4.79 Å². The lowest BCUT2D eigenvalue weighted by atomic mass is 9.73. The second kappa shape index (κ2) is 9.41. The Balaban J connectivity index is 1.42. The zero-order valence-electron chi connectivity index (χ0n) is 18.6. The van der Waals surface area contributed by atoms with Gasteiger partial charge >= 0.3 is 0 Å². The van der Waals surface area contributed by atoms with Gasteiger partial charge in [0.25, 0.3) is 0 Å². The standard InChI is InChI=1S/C27H25N5O2/c28-26-30-17-22(18-31-26)19-4-6-23(7-5-19)27(10-14-34-15-11-27)25(33)32-24-3-1-2-21(16-24)20-8-12-29-13-9-20/h1-9,12-13,16-18H,10-11,14-15H2,(H,32,33)(H2,28,30,31). The van der Waals surface area contributed by atoms with Gasteiger partial charge in [0.05, 0.1) is 5.41 Å². The predicted octanol–water partition coefficient (Wildman–Crippen LogP) is 4.47. The molecule has 1 aliphatic heterocycles. The zero-order chi connectivity index (χ0) is 23.4. The number of rotatable bonds is 5. The molecule has 7 nitrogen and oxygen atoms in total. The van der Waals surface area contributed by atoms with E-state index in [1.165, 1.54) is 0 Å². The number of hydrogen-bond donors (Lipinski definition) is 2. The highest BCUT2D eigenvalue weighted by Gasteiger charge is 2.41. The van der Waals surface area contributed by atoms with Gasteiger partial charge in [0, 0.05) is 49.3 Å². The van der Waals surface area contributed by atoms with Gasteiger partial charge in [-0.1, -0.05) is 36.4 Å². The van der Waals surface area contributed by atoms with E-state index in [0.717, 1.165) is 33.5 Å². The normalized spacial score (nSPS) is 14.9. The maximum atomic E-state index is 13.7. The third kappa shape index (κ3) is 4.38. The molecule has 1 aliphatic rings. The molecule has 0 atom stereocenters. The molecule has 1 saturated heterocycles. The second-order valence-electron chi connectivity index (χ2n) is 8.37. The number of nitrogens with one attached hydrogen (secondary N) is 1. The van der Waals surface area contributed by atoms with Crippen LogP contribution in [0.3, 0.4) is 0 Å². The average Bonchev–Trinajstić information content (AvgIpc) is 2.90. The quantitative estimate of drug-likeness (QED) is 0.464. The van der Waals surface area contributed by atoms with Gasteiger partial charge in [-0.2, -0.15) is 0 Å². The van der Waals surface area contributed by atoms with Crippen molar-refractivity contribution in [2.24, 2.45) is 0 Å². The number of anilines is 2. The summed E-state index contributed by atoms with van der Waals surface area (Å²) in [4.78, 5) is 25.9. The van der Waals surface area contributed by atoms with Gasteiger partial charge in [-0.25, -0.2) is 9.97 Å². The first-order valence-corrected chi connectivity index (χ1v) is 11.2. The molecule has 3 heterocycles. The SMILES string of the molecule is Nc1ncc(-c2ccc(C3(C(=O)Nc4cccc(-c5ccncc5)c4)CCOCC3)cc2)cn1. The minimum atomic E-state index is -0.666. The monoisotopic (exact) mass is 451 g/mol. The molecule has 0 unspecified atom stereocenters. The van der Waals surface area contributed by atoms with Gasteiger partial charge in [-0.3, -0.25) is 9.78 Å². The molecule has 1 fully saturated rings. The first kappa shape index (κ1) is 21.7. The largest absolute Gasteiger partial charge is 0.381 e. The Labute approximate surface area is 198 Å². The Morgan fingerprint density at radius 1 is 0.853 bits per heavy atom. The Hall–Kier alpha value is -4.10. The molecule has 34 heavy (non-hydrogen) atoms. The molecule has 3 N–H and O–H groups in total. The summed E-state index contributed by atoms with van der Waals surface area (Å²) in [6.45, 7) is 1.08. The highest BCUT2D eigenvalue weighted by atomic mass is 16.5. The van der Waals surface area contributed by atoms with E-state index in [0.29, 0.717) is 26.1 Å². The first-order valence-electron chi connectivity index (χ1n) is 11.2. The molecule has 1 amide bonds. The Morgan fingerprint density at radius 3 is 2.24 bits per heavy atom. The van der Waals surface area contributed by atoms with E-state index in [1.807, 2.05) is 60.7 Å². The van der Waals surface area contributed by atoms with Gasteiger partial charge in [0.1, 0.15) is 0 Å². The highest BCUT2D eigenvalue weighted by Crippen LogP contribution is 2.37. The van der Waals surface area contributed by atoms with Crippen LogP contribution in [0.4, 0.5) is 11.6 Å². The summed E-state index contributed by atoms with van der Waals surface area (Å²) in [6.07, 6.45) is 8.16. The minimum Gasteiger partial charge on any atom is -0.381 e. The maximum Gasteiger partial charge on any atom is 0.235 e. The second-order valence-corrected chi connectivity index (χ2v) is 8.37. The smallest absolute Gasteiger partial charge is 0.235 e. The maximum absolute atomic E-state index is 13.7. The van der Waals surface area contributed by atoms with Crippen LogP contribution < -0.4 is 11.1 Å². The van der Waals surface area contributed by atoms with Crippen LogP contribution in [0, 0.1) is 0 Å². The molecule has 0 bridgehead atoms. The fourth-order valence-corrected chi connectivity index (χ4v) is 4.41. The number of pyridine rings is 1. The van der Waals surface area contributed by atoms with Crippen molar-refractivity contribution in [3.8, 4) is 22.3 Å². The molecule has 7 heteroatoms. The molecule has 0 radical (unpaired) electrons. The molecular formula is C27H25N5O2. The lowest BCUT2D eigenvalue weighted by Gasteiger charge is -2.36. The van der Waals surface area contributed by atoms with E-state index >= 15 is 0 Å². The summed E-state index contributed by atoms with van der Waals surface area (Å²) >= 11 is 0. The number of benzene rings is 2. The van der Waals surface area contributed by atoms with Crippen LogP contribution in [0.15, 0.2) is 85.5 Å². The van der Waals surface area contributed by atoms with E-state index in [1.54, 1.807) is 24.8 Å². The van der Waals surface area contributed by atoms with E-state index < -0.39 is 5.41 Å². The number of ether oxygens (including phenoxy) is 1. The summed E-state index contributed by atoms with van der Waals surface area (Å²) in [5, 5.41) is 3.17. The Kier molecular flexibility index (Phi) is 6.01. The van der Waals surface area contributed by atoms with Crippen LogP contribution in [0.2, 0.25) is 0 Å². The van der Waals surface area contributed by atoms with Crippen molar-refractivity contribution in [2.75, 3.05) is 24.3 Å². The fourth-order valence-electron chi connectivity index (χ4n) is 4.41. The van der Waals surface area contributed by atoms with Crippen molar-refractivity contribution in [3.63, 3.8) is 0 Å². The third-order valence-corrected chi connectivity index (χ3v) is 6.36. The summed E-state index contributed by atoms with van der Waals surface area (Å²) in [6, 6.07) is 19.8. The number of carbonyl (C=O) groups is 1. The zero-order valence-corrected chi connectivity index (χ0v) is 18.6. The number of nitrogens with two attached hydrogens (primary N) is 1. The van der Waals surface area contributed by atoms with E-state index in [2.05, 4.69) is 20.3 Å². The van der Waals surface area contributed by atoms with Crippen molar-refractivity contribution in [2.45, 2.75) is 18.3 Å². The van der Waals surface area contributed by atoms with Crippen molar-refractivity contribution < 1.29 is 9.53 Å². The first-order chi connectivity index (χ1) is 16.6. The number of carbonyl (C=O) groups excluding carboxylic acids is 1. The van der Waals surface area contributed by atoms with Crippen LogP contribution >= 0.6 is 0 Å². The molecule has 170 valence electrons. The molecule has 0 saturated carbocycles. The van der Waals surface area contributed by atoms with Gasteiger partial charge in [0.2, 0.25) is 11.9 Å². The number of amides is 1. The molecule has 0 spiro atoms. The van der Waals surface area contributed by atoms with Crippen LogP contribution in [0.5, 0.6) is 0 Å². The van der Waals surface area contributed by atoms with Crippen molar-refractivity contribution in [1.82, 2.24) is 15.0 Å². The number of hydrogen-bond acceptors (Lipinski definition) is 6. The van der Waals surface area contributed by atoms with Crippen molar-refractivity contribution >= 4 is 17.5 Å². The number of nitrogen functional groups attached to an aromatic ring is 1. The molecule has 2 aromatic heterocycles. The van der Waals surface area contributed by atoms with E-state index in [4.69, 9.17) is 10.5 Å². The predicted molar refractivity (Wildman–Crippen MR) is 132 cm³/mol. The Morgan fingerprint density at radius 2 is 1.53 bits per heavy atom. The summed E-state index contributed by atoms with van der Waals surface area (Å²) < 4.78 is 5.61. The van der Waals surface area contributed by atoms with Crippen molar-refractivity contribution in [1.29, 1.82) is 0 Å². The summed E-state index contributed by atoms with van der Waals surface area (Å²) in [7, 11) is 0. The molecule has 4 aromatic rings. The van der Waals surface area contributed by atoms with Gasteiger partial charge < -0.3 is 15.8 Å². The highest BCUT2D eigenvalue weighted by molar-refractivity contribution is 5.99. The van der Waals surface area contributed by atoms with Crippen LogP contribution in [0.25, 0.3) is 22.3 Å². The lowest BCUT2D eigenvalue weighted by molar-refractivity contribution is -0.125. The van der Waals surface area contributed by atoms with Crippen LogP contribution in [-0.4, -0.2) is 34.1 Å². The molecule has 2 aromatic carbocycles. The summed E-state index contributed by atoms with van der Waals surface area (Å²) in [5.41, 5.74) is 10.6. The molecule has 0 aliphatic carbocycles. The minimum absolute atomic E-state index is 0.0220. The van der Waals surface area contributed by atoms with Crippen molar-refractivity contribution in [3.05, 3.63) is 91.0 Å². The van der Waals surface area contributed by atoms with Crippen LogP contribution in [-0.2, 0) is 14.9 Å². The topological polar surface area (TPSA) is 103 Å². The number of aromatic nitrogens is 3. The van der Waals surface area contributed by atoms with E-state index in [-0.39, 0.29) is 11.9 Å². The molecule has 5 rings (SSSR count). The fraction of sp³-hybridized carbons (Fsp3) is 0.185. The van der Waals surface area contributed by atoms with Gasteiger partial charge in [-0.15, -0.1) is 0 Å². The third-order valence-electron chi connectivity index (χ3n) is 6.36. The average molecular weight is 452 g/mol. The number of nitrogens with zero attached hydrogens (tertiary/aromatic N) is 3. The summed E-state index contributed by atoms with van der Waals surface area (Å²) in [5.74, 6) is 0.220. The lowest BCUT2D eigenvalue weighted by Crippen LogP contribution is -2.44. The Bertz CT molecular complexity index is 1270.